The number of carbonyl (C=O) groups excluding carboxylic acids is 2. The molecule has 1 heterocycles. The van der Waals surface area contributed by atoms with E-state index in [1.165, 1.54) is 0 Å². The number of aromatic hydroxyl groups is 1. The van der Waals surface area contributed by atoms with E-state index in [0.717, 1.165) is 23.5 Å². The van der Waals surface area contributed by atoms with Crippen LogP contribution >= 0.6 is 0 Å². The lowest BCUT2D eigenvalue weighted by Gasteiger charge is -2.17. The van der Waals surface area contributed by atoms with Gasteiger partial charge in [-0.1, -0.05) is 60.7 Å². The van der Waals surface area contributed by atoms with Crippen LogP contribution in [0.3, 0.4) is 0 Å². The maximum absolute atomic E-state index is 12.6. The third-order valence-electron chi connectivity index (χ3n) is 4.30. The van der Waals surface area contributed by atoms with Crippen molar-refractivity contribution >= 4 is 12.1 Å². The molecule has 8 nitrogen and oxygen atoms in total. The minimum Gasteiger partial charge on any atom is -0.502 e. The van der Waals surface area contributed by atoms with Crippen molar-refractivity contribution in [1.82, 2.24) is 5.32 Å². The molecule has 0 aliphatic carbocycles. The summed E-state index contributed by atoms with van der Waals surface area (Å²) in [4.78, 5) is 36.3. The summed E-state index contributed by atoms with van der Waals surface area (Å²) in [5.41, 5.74) is 0.965. The van der Waals surface area contributed by atoms with E-state index >= 15 is 0 Å². The fourth-order valence-corrected chi connectivity index (χ4v) is 2.71. The summed E-state index contributed by atoms with van der Waals surface area (Å²) in [5, 5.41) is 11.8. The largest absolute Gasteiger partial charge is 0.502 e. The van der Waals surface area contributed by atoms with Crippen molar-refractivity contribution in [2.75, 3.05) is 0 Å². The Morgan fingerprint density at radius 3 is 2.23 bits per heavy atom. The highest BCUT2D eigenvalue weighted by atomic mass is 16.6. The zero-order valence-electron chi connectivity index (χ0n) is 16.5. The van der Waals surface area contributed by atoms with Crippen LogP contribution in [-0.2, 0) is 33.9 Å². The number of rotatable bonds is 8. The Balaban J connectivity index is 1.63. The minimum atomic E-state index is -1.02. The van der Waals surface area contributed by atoms with Gasteiger partial charge >= 0.3 is 12.1 Å². The number of nitrogens with one attached hydrogen (secondary N) is 1. The first-order valence-corrected chi connectivity index (χ1v) is 9.50. The molecule has 3 rings (SSSR count). The van der Waals surface area contributed by atoms with Gasteiger partial charge in [-0.15, -0.1) is 0 Å². The number of benzene rings is 2. The van der Waals surface area contributed by atoms with Crippen LogP contribution in [0.1, 0.15) is 16.9 Å². The first-order valence-electron chi connectivity index (χ1n) is 9.50. The molecule has 2 aromatic carbocycles. The van der Waals surface area contributed by atoms with E-state index in [4.69, 9.17) is 13.9 Å². The van der Waals surface area contributed by atoms with Crippen molar-refractivity contribution in [2.24, 2.45) is 0 Å². The van der Waals surface area contributed by atoms with Crippen molar-refractivity contribution in [1.29, 1.82) is 0 Å². The molecule has 0 fully saturated rings. The van der Waals surface area contributed by atoms with Crippen LogP contribution in [0.25, 0.3) is 0 Å². The standard InChI is InChI=1S/C23H21NO7/c25-20-12-18(29-15-21(20)26)14-30-22(27)19(11-16-7-3-1-4-8-16)24-23(28)31-13-17-9-5-2-6-10-17/h1-10,12,15,19,26H,11,13-14H2,(H,24,28)/t19-/m0/s1. The van der Waals surface area contributed by atoms with Crippen molar-refractivity contribution < 1.29 is 28.6 Å². The molecule has 0 aliphatic rings. The third kappa shape index (κ3) is 6.74. The number of amides is 1. The van der Waals surface area contributed by atoms with Gasteiger partial charge in [-0.25, -0.2) is 9.59 Å². The Labute approximate surface area is 178 Å². The molecule has 160 valence electrons. The van der Waals surface area contributed by atoms with Crippen molar-refractivity contribution in [3.63, 3.8) is 0 Å². The lowest BCUT2D eigenvalue weighted by molar-refractivity contribution is -0.148. The molecule has 8 heteroatoms. The molecule has 1 amide bonds. The average Bonchev–Trinajstić information content (AvgIpc) is 2.79. The fourth-order valence-electron chi connectivity index (χ4n) is 2.71. The lowest BCUT2D eigenvalue weighted by atomic mass is 10.1. The molecule has 0 aliphatic heterocycles. The summed E-state index contributed by atoms with van der Waals surface area (Å²) in [7, 11) is 0. The number of carbonyl (C=O) groups is 2. The van der Waals surface area contributed by atoms with E-state index in [1.54, 1.807) is 0 Å². The highest BCUT2D eigenvalue weighted by Crippen LogP contribution is 2.09. The quantitative estimate of drug-likeness (QED) is 0.535. The van der Waals surface area contributed by atoms with Crippen LogP contribution in [-0.4, -0.2) is 23.2 Å². The van der Waals surface area contributed by atoms with Gasteiger partial charge in [-0.05, 0) is 11.1 Å². The minimum absolute atomic E-state index is 0.0540. The lowest BCUT2D eigenvalue weighted by Crippen LogP contribution is -2.43. The first kappa shape index (κ1) is 21.6. The van der Waals surface area contributed by atoms with E-state index < -0.39 is 29.3 Å². The predicted octanol–water partition coefficient (Wildman–Crippen LogP) is 2.93. The summed E-state index contributed by atoms with van der Waals surface area (Å²) in [5.74, 6) is -1.21. The summed E-state index contributed by atoms with van der Waals surface area (Å²) in [6, 6.07) is 18.2. The maximum Gasteiger partial charge on any atom is 0.408 e. The van der Waals surface area contributed by atoms with E-state index in [0.29, 0.717) is 0 Å². The number of ether oxygens (including phenoxy) is 2. The number of alkyl carbamates (subject to hydrolysis) is 1. The van der Waals surface area contributed by atoms with Gasteiger partial charge in [0.1, 0.15) is 31.3 Å². The molecule has 0 unspecified atom stereocenters. The van der Waals surface area contributed by atoms with E-state index in [2.05, 4.69) is 5.32 Å². The van der Waals surface area contributed by atoms with Gasteiger partial charge in [0.25, 0.3) is 0 Å². The molecule has 1 atom stereocenters. The van der Waals surface area contributed by atoms with Crippen LogP contribution in [0.15, 0.2) is 82.2 Å². The second-order valence-corrected chi connectivity index (χ2v) is 6.65. The molecule has 1 aromatic heterocycles. The van der Waals surface area contributed by atoms with Gasteiger partial charge in [0, 0.05) is 12.5 Å². The van der Waals surface area contributed by atoms with Gasteiger partial charge in [0.2, 0.25) is 5.43 Å². The van der Waals surface area contributed by atoms with Gasteiger partial charge in [-0.2, -0.15) is 0 Å². The predicted molar refractivity (Wildman–Crippen MR) is 110 cm³/mol. The summed E-state index contributed by atoms with van der Waals surface area (Å²) in [6.07, 6.45) is 0.282. The third-order valence-corrected chi connectivity index (χ3v) is 4.30. The Bertz CT molecular complexity index is 1060. The second-order valence-electron chi connectivity index (χ2n) is 6.65. The molecule has 2 N–H and O–H groups in total. The summed E-state index contributed by atoms with van der Waals surface area (Å²) in [6.45, 7) is -0.279. The maximum atomic E-state index is 12.6. The van der Waals surface area contributed by atoms with Gasteiger partial charge in [0.15, 0.2) is 5.75 Å². The Kier molecular flexibility index (Phi) is 7.42. The van der Waals surface area contributed by atoms with Gasteiger partial charge in [0.05, 0.1) is 0 Å². The molecular weight excluding hydrogens is 402 g/mol. The van der Waals surface area contributed by atoms with Crippen molar-refractivity contribution in [3.8, 4) is 5.75 Å². The SMILES string of the molecule is O=C(N[C@@H](Cc1ccccc1)C(=O)OCc1cc(=O)c(O)co1)OCc1ccccc1. The van der Waals surface area contributed by atoms with Gasteiger partial charge < -0.3 is 24.3 Å². The Morgan fingerprint density at radius 2 is 1.58 bits per heavy atom. The second kappa shape index (κ2) is 10.6. The van der Waals surface area contributed by atoms with Crippen molar-refractivity contribution in [3.05, 3.63) is 100 Å². The topological polar surface area (TPSA) is 115 Å². The Morgan fingerprint density at radius 1 is 0.935 bits per heavy atom. The van der Waals surface area contributed by atoms with Crippen LogP contribution in [0.2, 0.25) is 0 Å². The van der Waals surface area contributed by atoms with Crippen molar-refractivity contribution in [2.45, 2.75) is 25.7 Å². The molecular formula is C23H21NO7. The normalized spacial score (nSPS) is 11.4. The molecule has 0 bridgehead atoms. The monoisotopic (exact) mass is 423 g/mol. The fraction of sp³-hybridized carbons (Fsp3) is 0.174. The van der Waals surface area contributed by atoms with E-state index in [1.807, 2.05) is 60.7 Å². The van der Waals surface area contributed by atoms with Gasteiger partial charge in [-0.3, -0.25) is 4.79 Å². The smallest absolute Gasteiger partial charge is 0.408 e. The number of esters is 1. The average molecular weight is 423 g/mol. The van der Waals surface area contributed by atoms with Crippen LogP contribution < -0.4 is 10.7 Å². The number of hydrogen-bond acceptors (Lipinski definition) is 7. The van der Waals surface area contributed by atoms with E-state index in [9.17, 15) is 19.5 Å². The Hall–Kier alpha value is -4.07. The molecule has 0 saturated heterocycles. The highest BCUT2D eigenvalue weighted by molar-refractivity contribution is 5.81. The molecule has 0 spiro atoms. The first-order chi connectivity index (χ1) is 15.0. The van der Waals surface area contributed by atoms with Crippen LogP contribution in [0.5, 0.6) is 5.75 Å². The molecule has 31 heavy (non-hydrogen) atoms. The molecule has 0 saturated carbocycles. The molecule has 0 radical (unpaired) electrons. The summed E-state index contributed by atoms with van der Waals surface area (Å²) < 4.78 is 15.4. The summed E-state index contributed by atoms with van der Waals surface area (Å²) >= 11 is 0. The zero-order chi connectivity index (χ0) is 22.1. The molecule has 3 aromatic rings. The van der Waals surface area contributed by atoms with Crippen LogP contribution in [0.4, 0.5) is 4.79 Å². The zero-order valence-corrected chi connectivity index (χ0v) is 16.5. The number of hydrogen-bond donors (Lipinski definition) is 2. The van der Waals surface area contributed by atoms with E-state index in [-0.39, 0.29) is 25.4 Å². The highest BCUT2D eigenvalue weighted by Gasteiger charge is 2.24. The van der Waals surface area contributed by atoms with Crippen LogP contribution in [0, 0.1) is 0 Å².